The maximum atomic E-state index is 11.5. The Kier molecular flexibility index (Phi) is 18.1. The highest BCUT2D eigenvalue weighted by Gasteiger charge is 2.02. The van der Waals surface area contributed by atoms with Crippen molar-refractivity contribution in [2.75, 3.05) is 39.6 Å². The predicted molar refractivity (Wildman–Crippen MR) is 91.4 cm³/mol. The topological polar surface area (TPSA) is 54.0 Å². The molecule has 0 aliphatic rings. The van der Waals surface area contributed by atoms with Gasteiger partial charge in [-0.15, -0.1) is 0 Å². The fraction of sp³-hybridized carbons (Fsp3) is 0.833. The number of hydrogen-bond donors (Lipinski definition) is 0. The first-order valence-electron chi connectivity index (χ1n) is 8.84. The van der Waals surface area contributed by atoms with Gasteiger partial charge in [-0.05, 0) is 6.42 Å². The second-order valence-electron chi connectivity index (χ2n) is 5.35. The molecule has 0 bridgehead atoms. The van der Waals surface area contributed by atoms with Gasteiger partial charge in [-0.2, -0.15) is 0 Å². The Balaban J connectivity index is 3.14. The summed E-state index contributed by atoms with van der Waals surface area (Å²) in [7, 11) is 0. The molecule has 136 valence electrons. The second-order valence-corrected chi connectivity index (χ2v) is 5.35. The van der Waals surface area contributed by atoms with Crippen LogP contribution in [-0.4, -0.2) is 45.6 Å². The maximum absolute atomic E-state index is 11.5. The van der Waals surface area contributed by atoms with Crippen LogP contribution in [0.15, 0.2) is 12.8 Å². The third kappa shape index (κ3) is 18.9. The molecule has 0 aliphatic heterocycles. The van der Waals surface area contributed by atoms with Crippen molar-refractivity contribution in [2.24, 2.45) is 0 Å². The van der Waals surface area contributed by atoms with Crippen molar-refractivity contribution in [3.8, 4) is 0 Å². The van der Waals surface area contributed by atoms with Crippen LogP contribution in [0.2, 0.25) is 0 Å². The van der Waals surface area contributed by atoms with Crippen LogP contribution in [0.5, 0.6) is 0 Å². The Morgan fingerprint density at radius 1 is 0.826 bits per heavy atom. The minimum absolute atomic E-state index is 0.125. The summed E-state index contributed by atoms with van der Waals surface area (Å²) in [6, 6.07) is 0. The van der Waals surface area contributed by atoms with Crippen LogP contribution in [0, 0.1) is 0 Å². The van der Waals surface area contributed by atoms with Crippen LogP contribution in [0.3, 0.4) is 0 Å². The highest BCUT2D eigenvalue weighted by molar-refractivity contribution is 5.69. The standard InChI is InChI=1S/C18H34O5/c1-3-5-6-7-8-9-10-11-18(19)23-17-16-22-15-14-21-13-12-20-4-2/h4H,2-3,5-17H2,1H3. The molecule has 0 aromatic heterocycles. The zero-order valence-corrected chi connectivity index (χ0v) is 14.7. The first kappa shape index (κ1) is 21.9. The molecule has 5 heteroatoms. The van der Waals surface area contributed by atoms with Crippen molar-refractivity contribution >= 4 is 5.97 Å². The van der Waals surface area contributed by atoms with E-state index in [0.717, 1.165) is 12.8 Å². The second kappa shape index (κ2) is 19.0. The molecule has 23 heavy (non-hydrogen) atoms. The van der Waals surface area contributed by atoms with Crippen molar-refractivity contribution in [1.82, 2.24) is 0 Å². The summed E-state index contributed by atoms with van der Waals surface area (Å²) in [5.41, 5.74) is 0. The van der Waals surface area contributed by atoms with E-state index >= 15 is 0 Å². The highest BCUT2D eigenvalue weighted by Crippen LogP contribution is 2.08. The SMILES string of the molecule is C=COCCOCCOCCOC(=O)CCCCCCCCC. The average molecular weight is 330 g/mol. The van der Waals surface area contributed by atoms with Crippen LogP contribution in [-0.2, 0) is 23.7 Å². The van der Waals surface area contributed by atoms with Gasteiger partial charge in [0.15, 0.2) is 0 Å². The highest BCUT2D eigenvalue weighted by atomic mass is 16.6. The van der Waals surface area contributed by atoms with E-state index in [9.17, 15) is 4.79 Å². The van der Waals surface area contributed by atoms with Crippen LogP contribution in [0.25, 0.3) is 0 Å². The zero-order chi connectivity index (χ0) is 17.0. The van der Waals surface area contributed by atoms with Crippen molar-refractivity contribution in [3.63, 3.8) is 0 Å². The Bertz CT molecular complexity index is 268. The van der Waals surface area contributed by atoms with Crippen molar-refractivity contribution in [2.45, 2.75) is 58.3 Å². The molecule has 0 heterocycles. The Morgan fingerprint density at radius 3 is 2.04 bits per heavy atom. The molecule has 0 rings (SSSR count). The molecule has 0 unspecified atom stereocenters. The molecule has 0 radical (unpaired) electrons. The summed E-state index contributed by atoms with van der Waals surface area (Å²) < 4.78 is 20.6. The van der Waals surface area contributed by atoms with Gasteiger partial charge in [0.05, 0.1) is 32.7 Å². The van der Waals surface area contributed by atoms with Gasteiger partial charge < -0.3 is 18.9 Å². The molecule has 0 saturated carbocycles. The molecule has 0 aromatic carbocycles. The van der Waals surface area contributed by atoms with E-state index < -0.39 is 0 Å². The number of ether oxygens (including phenoxy) is 4. The van der Waals surface area contributed by atoms with Crippen molar-refractivity contribution < 1.29 is 23.7 Å². The molecule has 0 saturated heterocycles. The third-order valence-electron chi connectivity index (χ3n) is 3.31. The Labute approximate surface area is 141 Å². The van der Waals surface area contributed by atoms with E-state index in [1.807, 2.05) is 0 Å². The van der Waals surface area contributed by atoms with Crippen LogP contribution >= 0.6 is 0 Å². The van der Waals surface area contributed by atoms with Gasteiger partial charge in [0.1, 0.15) is 13.2 Å². The van der Waals surface area contributed by atoms with Crippen LogP contribution < -0.4 is 0 Å². The van der Waals surface area contributed by atoms with Crippen LogP contribution in [0.4, 0.5) is 0 Å². The number of esters is 1. The molecule has 0 aliphatic carbocycles. The molecule has 0 fully saturated rings. The zero-order valence-electron chi connectivity index (χ0n) is 14.7. The molecule has 0 N–H and O–H groups in total. The lowest BCUT2D eigenvalue weighted by molar-refractivity contribution is -0.145. The summed E-state index contributed by atoms with van der Waals surface area (Å²) >= 11 is 0. The summed E-state index contributed by atoms with van der Waals surface area (Å²) in [4.78, 5) is 11.5. The number of rotatable bonds is 18. The molecule has 0 spiro atoms. The number of hydrogen-bond acceptors (Lipinski definition) is 5. The maximum Gasteiger partial charge on any atom is 0.305 e. The lowest BCUT2D eigenvalue weighted by atomic mass is 10.1. The van der Waals surface area contributed by atoms with Gasteiger partial charge in [-0.1, -0.05) is 52.0 Å². The normalized spacial score (nSPS) is 10.5. The van der Waals surface area contributed by atoms with Crippen molar-refractivity contribution in [1.29, 1.82) is 0 Å². The van der Waals surface area contributed by atoms with Gasteiger partial charge in [-0.25, -0.2) is 0 Å². The lowest BCUT2D eigenvalue weighted by Gasteiger charge is -2.07. The van der Waals surface area contributed by atoms with Gasteiger partial charge in [0, 0.05) is 6.42 Å². The van der Waals surface area contributed by atoms with Crippen LogP contribution in [0.1, 0.15) is 58.3 Å². The molecule has 5 nitrogen and oxygen atoms in total. The van der Waals surface area contributed by atoms with E-state index in [4.69, 9.17) is 18.9 Å². The largest absolute Gasteiger partial charge is 0.499 e. The van der Waals surface area contributed by atoms with Crippen molar-refractivity contribution in [3.05, 3.63) is 12.8 Å². The molecule has 0 amide bonds. The van der Waals surface area contributed by atoms with E-state index in [0.29, 0.717) is 46.1 Å². The number of unbranched alkanes of at least 4 members (excludes halogenated alkanes) is 6. The number of carbonyl (C=O) groups excluding carboxylic acids is 1. The molecular formula is C18H34O5. The Hall–Kier alpha value is -1.07. The van der Waals surface area contributed by atoms with E-state index in [2.05, 4.69) is 13.5 Å². The van der Waals surface area contributed by atoms with E-state index in [-0.39, 0.29) is 5.97 Å². The first-order chi connectivity index (χ1) is 11.3. The quantitative estimate of drug-likeness (QED) is 0.217. The third-order valence-corrected chi connectivity index (χ3v) is 3.31. The smallest absolute Gasteiger partial charge is 0.305 e. The van der Waals surface area contributed by atoms with E-state index in [1.54, 1.807) is 0 Å². The summed E-state index contributed by atoms with van der Waals surface area (Å²) in [6.07, 6.45) is 10.3. The predicted octanol–water partition coefficient (Wildman–Crippen LogP) is 3.86. The monoisotopic (exact) mass is 330 g/mol. The lowest BCUT2D eigenvalue weighted by Crippen LogP contribution is -2.13. The fourth-order valence-corrected chi connectivity index (χ4v) is 2.03. The van der Waals surface area contributed by atoms with Gasteiger partial charge in [0.2, 0.25) is 0 Å². The van der Waals surface area contributed by atoms with Gasteiger partial charge >= 0.3 is 5.97 Å². The molecule has 0 atom stereocenters. The van der Waals surface area contributed by atoms with Gasteiger partial charge in [-0.3, -0.25) is 4.79 Å². The summed E-state index contributed by atoms with van der Waals surface area (Å²) in [5, 5.41) is 0. The van der Waals surface area contributed by atoms with Gasteiger partial charge in [0.25, 0.3) is 0 Å². The fourth-order valence-electron chi connectivity index (χ4n) is 2.03. The molecule has 0 aromatic rings. The minimum atomic E-state index is -0.125. The summed E-state index contributed by atoms with van der Waals surface area (Å²) in [6.45, 7) is 8.39. The van der Waals surface area contributed by atoms with E-state index in [1.165, 1.54) is 38.4 Å². The number of carbonyl (C=O) groups is 1. The average Bonchev–Trinajstić information content (AvgIpc) is 2.55. The molecular weight excluding hydrogens is 296 g/mol. The Morgan fingerprint density at radius 2 is 1.39 bits per heavy atom. The first-order valence-corrected chi connectivity index (χ1v) is 8.84. The minimum Gasteiger partial charge on any atom is -0.499 e. The summed E-state index contributed by atoms with van der Waals surface area (Å²) in [5.74, 6) is -0.125.